The number of imidazole rings is 1. The number of aromatic hydroxyl groups is 1. The molecule has 0 aliphatic carbocycles. The molecule has 0 radical (unpaired) electrons. The molecule has 1 amide bonds. The normalized spacial score (nSPS) is 16.6. The topological polar surface area (TPSA) is 114 Å². The molecule has 0 bridgehead atoms. The lowest BCUT2D eigenvalue weighted by Gasteiger charge is -2.22. The molecule has 9 heteroatoms. The summed E-state index contributed by atoms with van der Waals surface area (Å²) in [6, 6.07) is 5.11. The molecule has 4 N–H and O–H groups in total. The van der Waals surface area contributed by atoms with Crippen molar-refractivity contribution in [2.45, 2.75) is 25.8 Å². The Balaban J connectivity index is 1.53. The lowest BCUT2D eigenvalue weighted by Crippen LogP contribution is -2.38. The number of phenols is 1. The molecule has 8 nitrogen and oxygen atoms in total. The average molecular weight is 402 g/mol. The Morgan fingerprint density at radius 1 is 1.46 bits per heavy atom. The predicted molar refractivity (Wildman–Crippen MR) is 107 cm³/mol. The number of phenolic OH excluding ortho intramolecular Hbond substituents is 1. The predicted octanol–water partition coefficient (Wildman–Crippen LogP) is 3.85. The molecule has 28 heavy (non-hydrogen) atoms. The van der Waals surface area contributed by atoms with Gasteiger partial charge in [-0.15, -0.1) is 0 Å². The third-order valence-corrected chi connectivity index (χ3v) is 5.51. The van der Waals surface area contributed by atoms with Gasteiger partial charge in [-0.2, -0.15) is 0 Å². The molecular weight excluding hydrogens is 382 g/mol. The van der Waals surface area contributed by atoms with E-state index in [1.165, 1.54) is 4.90 Å². The number of carbonyl (C=O) groups is 1. The van der Waals surface area contributed by atoms with Crippen LogP contribution in [0.25, 0.3) is 22.6 Å². The van der Waals surface area contributed by atoms with Crippen LogP contribution in [0, 0.1) is 6.92 Å². The number of pyridine rings is 1. The fourth-order valence-electron chi connectivity index (χ4n) is 3.54. The molecule has 1 aliphatic heterocycles. The number of H-pyrrole nitrogens is 1. The summed E-state index contributed by atoms with van der Waals surface area (Å²) in [6.07, 6.45) is 2.34. The quantitative estimate of drug-likeness (QED) is 0.494. The van der Waals surface area contributed by atoms with Crippen molar-refractivity contribution in [3.63, 3.8) is 0 Å². The molecule has 146 valence electrons. The van der Waals surface area contributed by atoms with Crippen LogP contribution in [0.3, 0.4) is 0 Å². The summed E-state index contributed by atoms with van der Waals surface area (Å²) in [5, 5.41) is 23.3. The minimum Gasteiger partial charge on any atom is -0.506 e. The third-order valence-electron chi connectivity index (χ3n) is 5.13. The van der Waals surface area contributed by atoms with Gasteiger partial charge in [0.15, 0.2) is 5.65 Å². The summed E-state index contributed by atoms with van der Waals surface area (Å²) in [4.78, 5) is 24.6. The Labute approximate surface area is 166 Å². The number of aryl methyl sites for hydroxylation is 1. The van der Waals surface area contributed by atoms with Crippen LogP contribution in [0.2, 0.25) is 5.02 Å². The highest BCUT2D eigenvalue weighted by Crippen LogP contribution is 2.31. The van der Waals surface area contributed by atoms with E-state index in [9.17, 15) is 15.0 Å². The number of aromatic nitrogens is 3. The first-order valence-corrected chi connectivity index (χ1v) is 9.39. The van der Waals surface area contributed by atoms with E-state index in [-0.39, 0.29) is 11.8 Å². The van der Waals surface area contributed by atoms with Crippen molar-refractivity contribution in [1.82, 2.24) is 19.9 Å². The van der Waals surface area contributed by atoms with Crippen LogP contribution in [0.15, 0.2) is 24.4 Å². The summed E-state index contributed by atoms with van der Waals surface area (Å²) in [6.45, 7) is 2.88. The number of benzene rings is 1. The van der Waals surface area contributed by atoms with Gasteiger partial charge in [-0.1, -0.05) is 11.6 Å². The molecule has 1 atom stereocenters. The fourth-order valence-corrected chi connectivity index (χ4v) is 3.68. The van der Waals surface area contributed by atoms with Gasteiger partial charge >= 0.3 is 6.09 Å². The Morgan fingerprint density at radius 2 is 2.29 bits per heavy atom. The molecule has 3 heterocycles. The summed E-state index contributed by atoms with van der Waals surface area (Å²) in [5.74, 6) is 0.656. The first kappa shape index (κ1) is 18.4. The SMILES string of the molecule is Cc1c(Cl)cnc2[nH]c(-c3ccc(NC[C@H]4CCCN4C(=O)O)c(O)c3)nc12. The van der Waals surface area contributed by atoms with E-state index in [0.29, 0.717) is 46.4 Å². The number of rotatable bonds is 4. The highest BCUT2D eigenvalue weighted by molar-refractivity contribution is 6.31. The molecule has 0 saturated carbocycles. The van der Waals surface area contributed by atoms with Crippen molar-refractivity contribution in [3.8, 4) is 17.1 Å². The minimum atomic E-state index is -0.905. The molecule has 1 fully saturated rings. The number of aromatic amines is 1. The summed E-state index contributed by atoms with van der Waals surface area (Å²) in [5.41, 5.74) is 3.43. The van der Waals surface area contributed by atoms with Crippen LogP contribution in [-0.2, 0) is 0 Å². The van der Waals surface area contributed by atoms with Crippen molar-refractivity contribution >= 4 is 34.5 Å². The average Bonchev–Trinajstić information content (AvgIpc) is 3.31. The number of anilines is 1. The largest absolute Gasteiger partial charge is 0.506 e. The summed E-state index contributed by atoms with van der Waals surface area (Å²) < 4.78 is 0. The molecular formula is C19H20ClN5O3. The maximum atomic E-state index is 11.2. The van der Waals surface area contributed by atoms with Crippen LogP contribution in [0.1, 0.15) is 18.4 Å². The van der Waals surface area contributed by atoms with Crippen molar-refractivity contribution < 1.29 is 15.0 Å². The van der Waals surface area contributed by atoms with E-state index in [2.05, 4.69) is 20.3 Å². The number of nitrogens with zero attached hydrogens (tertiary/aromatic N) is 3. The highest BCUT2D eigenvalue weighted by Gasteiger charge is 2.28. The Bertz CT molecular complexity index is 1050. The molecule has 1 aromatic carbocycles. The van der Waals surface area contributed by atoms with E-state index in [1.54, 1.807) is 18.3 Å². The second-order valence-corrected chi connectivity index (χ2v) is 7.31. The molecule has 3 aromatic rings. The Hall–Kier alpha value is -3.00. The zero-order valence-corrected chi connectivity index (χ0v) is 16.0. The van der Waals surface area contributed by atoms with Crippen LogP contribution in [0.5, 0.6) is 5.75 Å². The van der Waals surface area contributed by atoms with Gasteiger partial charge in [-0.25, -0.2) is 14.8 Å². The zero-order valence-electron chi connectivity index (χ0n) is 15.2. The van der Waals surface area contributed by atoms with Crippen molar-refractivity contribution in [2.24, 2.45) is 0 Å². The van der Waals surface area contributed by atoms with Crippen molar-refractivity contribution in [1.29, 1.82) is 0 Å². The van der Waals surface area contributed by atoms with Gasteiger partial charge in [-0.05, 0) is 43.5 Å². The van der Waals surface area contributed by atoms with Crippen molar-refractivity contribution in [3.05, 3.63) is 35.0 Å². The van der Waals surface area contributed by atoms with E-state index in [0.717, 1.165) is 18.4 Å². The van der Waals surface area contributed by atoms with Crippen LogP contribution in [-0.4, -0.2) is 55.3 Å². The Kier molecular flexibility index (Phi) is 4.72. The number of carboxylic acid groups (broad SMARTS) is 1. The fraction of sp³-hybridized carbons (Fsp3) is 0.316. The summed E-state index contributed by atoms with van der Waals surface area (Å²) in [7, 11) is 0. The standard InChI is InChI=1S/C19H20ClN5O3/c1-10-13(20)9-22-18-16(10)23-17(24-18)11-4-5-14(15(26)7-11)21-8-12-3-2-6-25(12)19(27)28/h4-5,7,9,12,21,26H,2-3,6,8H2,1H3,(H,27,28)(H,22,23,24)/t12-/m1/s1. The highest BCUT2D eigenvalue weighted by atomic mass is 35.5. The number of hydrogen-bond donors (Lipinski definition) is 4. The molecule has 1 aliphatic rings. The van der Waals surface area contributed by atoms with E-state index in [1.807, 2.05) is 13.0 Å². The van der Waals surface area contributed by atoms with E-state index in [4.69, 9.17) is 11.6 Å². The number of nitrogens with one attached hydrogen (secondary N) is 2. The Morgan fingerprint density at radius 3 is 3.04 bits per heavy atom. The lowest BCUT2D eigenvalue weighted by atomic mass is 10.1. The zero-order chi connectivity index (χ0) is 19.8. The van der Waals surface area contributed by atoms with Gasteiger partial charge in [0.05, 0.1) is 16.8 Å². The first-order chi connectivity index (χ1) is 13.4. The molecule has 4 rings (SSSR count). The third kappa shape index (κ3) is 3.31. The van der Waals surface area contributed by atoms with Gasteiger partial charge in [0.1, 0.15) is 17.1 Å². The molecule has 1 saturated heterocycles. The first-order valence-electron chi connectivity index (χ1n) is 9.01. The van der Waals surface area contributed by atoms with Gasteiger partial charge in [0, 0.05) is 24.8 Å². The van der Waals surface area contributed by atoms with Gasteiger partial charge in [0.25, 0.3) is 0 Å². The second kappa shape index (κ2) is 7.20. The van der Waals surface area contributed by atoms with Crippen molar-refractivity contribution in [2.75, 3.05) is 18.4 Å². The monoisotopic (exact) mass is 401 g/mol. The number of likely N-dealkylation sites (tertiary alicyclic amines) is 1. The van der Waals surface area contributed by atoms with E-state index < -0.39 is 6.09 Å². The number of amides is 1. The van der Waals surface area contributed by atoms with E-state index >= 15 is 0 Å². The maximum absolute atomic E-state index is 11.2. The molecule has 0 spiro atoms. The number of halogens is 1. The maximum Gasteiger partial charge on any atom is 0.407 e. The molecule has 2 aromatic heterocycles. The number of hydrogen-bond acceptors (Lipinski definition) is 5. The van der Waals surface area contributed by atoms with Gasteiger partial charge in [-0.3, -0.25) is 0 Å². The lowest BCUT2D eigenvalue weighted by molar-refractivity contribution is 0.142. The van der Waals surface area contributed by atoms with Crippen LogP contribution < -0.4 is 5.32 Å². The van der Waals surface area contributed by atoms with Gasteiger partial charge in [0.2, 0.25) is 0 Å². The smallest absolute Gasteiger partial charge is 0.407 e. The minimum absolute atomic E-state index is 0.0699. The van der Waals surface area contributed by atoms with Gasteiger partial charge < -0.3 is 25.4 Å². The summed E-state index contributed by atoms with van der Waals surface area (Å²) >= 11 is 6.10. The van der Waals surface area contributed by atoms with Crippen LogP contribution in [0.4, 0.5) is 10.5 Å². The molecule has 0 unspecified atom stereocenters. The second-order valence-electron chi connectivity index (χ2n) is 6.90. The van der Waals surface area contributed by atoms with Crippen LogP contribution >= 0.6 is 11.6 Å². The number of fused-ring (bicyclic) bond motifs is 1.